The Hall–Kier alpha value is -3.19. The van der Waals surface area contributed by atoms with Crippen LogP contribution in [0.1, 0.15) is 21.6 Å². The van der Waals surface area contributed by atoms with Crippen LogP contribution in [0.4, 0.5) is 5.69 Å². The quantitative estimate of drug-likeness (QED) is 0.682. The van der Waals surface area contributed by atoms with Crippen molar-refractivity contribution in [1.82, 2.24) is 15.2 Å². The molecule has 126 valence electrons. The molecule has 25 heavy (non-hydrogen) atoms. The lowest BCUT2D eigenvalue weighted by Gasteiger charge is -2.13. The van der Waals surface area contributed by atoms with Crippen molar-refractivity contribution in [3.63, 3.8) is 0 Å². The van der Waals surface area contributed by atoms with Gasteiger partial charge in [0.05, 0.1) is 24.5 Å². The predicted molar refractivity (Wildman–Crippen MR) is 92.4 cm³/mol. The van der Waals surface area contributed by atoms with Crippen molar-refractivity contribution in [3.05, 3.63) is 69.8 Å². The first kappa shape index (κ1) is 15.3. The monoisotopic (exact) mass is 336 g/mol. The molecule has 0 saturated carbocycles. The van der Waals surface area contributed by atoms with E-state index in [4.69, 9.17) is 4.74 Å². The van der Waals surface area contributed by atoms with Crippen LogP contribution in [-0.2, 0) is 17.8 Å². The topological polar surface area (TPSA) is 99.9 Å². The summed E-state index contributed by atoms with van der Waals surface area (Å²) in [6.45, 7) is 1.24. The largest absolute Gasteiger partial charge is 0.376 e. The molecule has 3 N–H and O–H groups in total. The van der Waals surface area contributed by atoms with Crippen molar-refractivity contribution in [3.8, 4) is 11.3 Å². The highest BCUT2D eigenvalue weighted by atomic mass is 16.5. The molecule has 3 heterocycles. The molecule has 7 heteroatoms. The number of hydrogen-bond acceptors (Lipinski definition) is 4. The molecule has 1 amide bonds. The number of aromatic amines is 2. The molecule has 7 nitrogen and oxygen atoms in total. The van der Waals surface area contributed by atoms with E-state index in [1.54, 1.807) is 0 Å². The first-order valence-electron chi connectivity index (χ1n) is 7.95. The Morgan fingerprint density at radius 1 is 1.24 bits per heavy atom. The number of pyridine rings is 1. The third-order valence-electron chi connectivity index (χ3n) is 4.14. The second-order valence-electron chi connectivity index (χ2n) is 5.81. The van der Waals surface area contributed by atoms with Gasteiger partial charge in [0.2, 0.25) is 5.56 Å². The van der Waals surface area contributed by atoms with Gasteiger partial charge in [0, 0.05) is 41.2 Å². The Kier molecular flexibility index (Phi) is 3.91. The highest BCUT2D eigenvalue weighted by Gasteiger charge is 2.18. The summed E-state index contributed by atoms with van der Waals surface area (Å²) in [6, 6.07) is 10.3. The molecule has 0 saturated heterocycles. The minimum atomic E-state index is -0.291. The maximum Gasteiger partial charge on any atom is 0.257 e. The first-order chi connectivity index (χ1) is 12.2. The molecule has 0 radical (unpaired) electrons. The van der Waals surface area contributed by atoms with E-state index in [1.807, 2.05) is 24.3 Å². The number of amides is 1. The Bertz CT molecular complexity index is 969. The molecule has 1 aromatic carbocycles. The number of carbonyl (C=O) groups is 1. The van der Waals surface area contributed by atoms with Gasteiger partial charge in [0.1, 0.15) is 0 Å². The third kappa shape index (κ3) is 3.09. The number of fused-ring (bicyclic) bond motifs is 1. The van der Waals surface area contributed by atoms with Crippen LogP contribution < -0.4 is 10.9 Å². The summed E-state index contributed by atoms with van der Waals surface area (Å²) in [5.41, 5.74) is 4.71. The van der Waals surface area contributed by atoms with Crippen molar-refractivity contribution in [2.75, 3.05) is 11.9 Å². The molecular weight excluding hydrogens is 320 g/mol. The maximum atomic E-state index is 12.3. The van der Waals surface area contributed by atoms with Crippen LogP contribution in [0.3, 0.4) is 0 Å². The van der Waals surface area contributed by atoms with Crippen LogP contribution in [0.25, 0.3) is 11.3 Å². The van der Waals surface area contributed by atoms with Gasteiger partial charge >= 0.3 is 0 Å². The Morgan fingerprint density at radius 2 is 2.16 bits per heavy atom. The zero-order valence-electron chi connectivity index (χ0n) is 13.3. The molecule has 4 rings (SSSR count). The number of hydrogen-bond donors (Lipinski definition) is 3. The van der Waals surface area contributed by atoms with Gasteiger partial charge in [0.15, 0.2) is 0 Å². The van der Waals surface area contributed by atoms with Crippen LogP contribution in [-0.4, -0.2) is 27.7 Å². The minimum Gasteiger partial charge on any atom is -0.376 e. The average molecular weight is 336 g/mol. The number of nitrogens with zero attached hydrogens (tertiary/aromatic N) is 1. The fourth-order valence-electron chi connectivity index (χ4n) is 2.85. The van der Waals surface area contributed by atoms with Gasteiger partial charge in [-0.25, -0.2) is 0 Å². The van der Waals surface area contributed by atoms with Crippen molar-refractivity contribution in [2.45, 2.75) is 13.0 Å². The van der Waals surface area contributed by atoms with Gasteiger partial charge in [-0.15, -0.1) is 0 Å². The minimum absolute atomic E-state index is 0.246. The molecule has 0 bridgehead atoms. The SMILES string of the molecule is O=C(Nc1cccc(-c2n[nH]c3c2COCC3)c1)c1ccc(=O)[nH]c1. The number of anilines is 1. The fourth-order valence-corrected chi connectivity index (χ4v) is 2.85. The van der Waals surface area contributed by atoms with Crippen LogP contribution in [0.2, 0.25) is 0 Å². The van der Waals surface area contributed by atoms with Crippen molar-refractivity contribution < 1.29 is 9.53 Å². The third-order valence-corrected chi connectivity index (χ3v) is 4.14. The van der Waals surface area contributed by atoms with E-state index in [9.17, 15) is 9.59 Å². The van der Waals surface area contributed by atoms with Crippen LogP contribution in [0.5, 0.6) is 0 Å². The molecule has 0 unspecified atom stereocenters. The Balaban J connectivity index is 1.59. The summed E-state index contributed by atoms with van der Waals surface area (Å²) in [4.78, 5) is 25.9. The summed E-state index contributed by atoms with van der Waals surface area (Å²) >= 11 is 0. The maximum absolute atomic E-state index is 12.3. The number of carbonyl (C=O) groups excluding carboxylic acids is 1. The summed E-state index contributed by atoms with van der Waals surface area (Å²) < 4.78 is 5.52. The molecule has 0 atom stereocenters. The van der Waals surface area contributed by atoms with E-state index in [2.05, 4.69) is 20.5 Å². The highest BCUT2D eigenvalue weighted by Crippen LogP contribution is 2.28. The first-order valence-corrected chi connectivity index (χ1v) is 7.95. The lowest BCUT2D eigenvalue weighted by molar-refractivity contribution is 0.102. The number of ether oxygens (including phenoxy) is 1. The lowest BCUT2D eigenvalue weighted by Crippen LogP contribution is -2.14. The van der Waals surface area contributed by atoms with Crippen LogP contribution in [0, 0.1) is 0 Å². The molecule has 0 aliphatic carbocycles. The van der Waals surface area contributed by atoms with Gasteiger partial charge in [0.25, 0.3) is 5.91 Å². The van der Waals surface area contributed by atoms with Gasteiger partial charge in [-0.1, -0.05) is 12.1 Å². The van der Waals surface area contributed by atoms with Crippen LogP contribution in [0.15, 0.2) is 47.4 Å². The smallest absolute Gasteiger partial charge is 0.257 e. The standard InChI is InChI=1S/C18H16N4O3/c23-16-5-4-12(9-19-16)18(24)20-13-3-1-2-11(8-13)17-14-10-25-7-6-15(14)21-22-17/h1-5,8-9H,6-7,10H2,(H,19,23)(H,20,24)(H,21,22). The number of rotatable bonds is 3. The number of nitrogens with one attached hydrogen (secondary N) is 3. The van der Waals surface area contributed by atoms with Crippen molar-refractivity contribution in [1.29, 1.82) is 0 Å². The van der Waals surface area contributed by atoms with Crippen molar-refractivity contribution >= 4 is 11.6 Å². The molecule has 1 aliphatic heterocycles. The number of aromatic nitrogens is 3. The summed E-state index contributed by atoms with van der Waals surface area (Å²) in [7, 11) is 0. The Morgan fingerprint density at radius 3 is 3.00 bits per heavy atom. The lowest BCUT2D eigenvalue weighted by atomic mass is 10.0. The van der Waals surface area contributed by atoms with E-state index in [0.717, 1.165) is 28.9 Å². The second kappa shape index (κ2) is 6.37. The normalized spacial score (nSPS) is 13.3. The zero-order chi connectivity index (χ0) is 17.2. The van der Waals surface area contributed by atoms with Gasteiger partial charge < -0.3 is 15.0 Å². The summed E-state index contributed by atoms with van der Waals surface area (Å²) in [5, 5.41) is 10.3. The average Bonchev–Trinajstić information content (AvgIpc) is 3.06. The predicted octanol–water partition coefficient (Wildman–Crippen LogP) is 2.09. The summed E-state index contributed by atoms with van der Waals surface area (Å²) in [5.74, 6) is -0.291. The van der Waals surface area contributed by atoms with E-state index in [1.165, 1.54) is 18.3 Å². The number of benzene rings is 1. The molecule has 0 spiro atoms. The van der Waals surface area contributed by atoms with Gasteiger partial charge in [-0.3, -0.25) is 14.7 Å². The molecule has 3 aromatic rings. The highest BCUT2D eigenvalue weighted by molar-refractivity contribution is 6.04. The van der Waals surface area contributed by atoms with Gasteiger partial charge in [-0.05, 0) is 18.2 Å². The zero-order valence-corrected chi connectivity index (χ0v) is 13.3. The Labute approximate surface area is 143 Å². The van der Waals surface area contributed by atoms with Gasteiger partial charge in [-0.2, -0.15) is 5.10 Å². The molecule has 0 fully saturated rings. The van der Waals surface area contributed by atoms with Crippen LogP contribution >= 0.6 is 0 Å². The molecular formula is C18H16N4O3. The van der Waals surface area contributed by atoms with Crippen molar-refractivity contribution in [2.24, 2.45) is 0 Å². The van der Waals surface area contributed by atoms with E-state index >= 15 is 0 Å². The number of H-pyrrole nitrogens is 2. The summed E-state index contributed by atoms with van der Waals surface area (Å²) in [6.07, 6.45) is 2.22. The van der Waals surface area contributed by atoms with E-state index < -0.39 is 0 Å². The molecule has 1 aliphatic rings. The second-order valence-corrected chi connectivity index (χ2v) is 5.81. The fraction of sp³-hybridized carbons (Fsp3) is 0.167. The van der Waals surface area contributed by atoms with E-state index in [-0.39, 0.29) is 11.5 Å². The molecule has 2 aromatic heterocycles. The van der Waals surface area contributed by atoms with E-state index in [0.29, 0.717) is 24.5 Å².